The Hall–Kier alpha value is -1.30. The van der Waals surface area contributed by atoms with Gasteiger partial charge in [-0.05, 0) is 31.9 Å². The standard InChI is InChI=1S/C13H18.2C2H6/c1-5-9-11-13(10-6-2)12(7-3)8-4;2*1-2/h5-11H,3H2,1-2,4H3;2*1-2H3/b9-5-,10-6-,12-8-,13-11-;;. The van der Waals surface area contributed by atoms with Gasteiger partial charge in [-0.1, -0.05) is 76.8 Å². The minimum absolute atomic E-state index is 1.16. The molecule has 0 aromatic heterocycles. The highest BCUT2D eigenvalue weighted by molar-refractivity contribution is 5.46. The van der Waals surface area contributed by atoms with Crippen LogP contribution in [0.25, 0.3) is 0 Å². The van der Waals surface area contributed by atoms with Crippen LogP contribution in [0, 0.1) is 0 Å². The second-order valence-electron chi connectivity index (χ2n) is 2.60. The van der Waals surface area contributed by atoms with E-state index in [4.69, 9.17) is 0 Å². The first-order valence-electron chi connectivity index (χ1n) is 6.54. The Balaban J connectivity index is -0.000000439. The summed E-state index contributed by atoms with van der Waals surface area (Å²) in [5.41, 5.74) is 2.36. The van der Waals surface area contributed by atoms with Crippen molar-refractivity contribution in [1.29, 1.82) is 0 Å². The van der Waals surface area contributed by atoms with Crippen molar-refractivity contribution < 1.29 is 0 Å². The molecule has 98 valence electrons. The molecule has 0 rings (SSSR count). The third kappa shape index (κ3) is 12.6. The lowest BCUT2D eigenvalue weighted by Crippen LogP contribution is -1.81. The van der Waals surface area contributed by atoms with Gasteiger partial charge in [0.05, 0.1) is 0 Å². The predicted octanol–water partition coefficient (Wildman–Crippen LogP) is 6.25. The van der Waals surface area contributed by atoms with Crippen LogP contribution in [-0.4, -0.2) is 0 Å². The molecule has 0 nitrogen and oxygen atoms in total. The average molecular weight is 234 g/mol. The molecule has 0 atom stereocenters. The first kappa shape index (κ1) is 21.0. The minimum atomic E-state index is 1.16. The van der Waals surface area contributed by atoms with Gasteiger partial charge in [0.1, 0.15) is 0 Å². The van der Waals surface area contributed by atoms with Gasteiger partial charge < -0.3 is 0 Å². The maximum atomic E-state index is 3.78. The lowest BCUT2D eigenvalue weighted by molar-refractivity contribution is 1.49. The fourth-order valence-electron chi connectivity index (χ4n) is 1.03. The Kier molecular flexibility index (Phi) is 24.9. The van der Waals surface area contributed by atoms with Crippen molar-refractivity contribution in [3.05, 3.63) is 60.3 Å². The predicted molar refractivity (Wildman–Crippen MR) is 84.4 cm³/mol. The zero-order valence-corrected chi connectivity index (χ0v) is 12.7. The van der Waals surface area contributed by atoms with Crippen molar-refractivity contribution in [3.8, 4) is 0 Å². The maximum absolute atomic E-state index is 3.78. The lowest BCUT2D eigenvalue weighted by atomic mass is 10.1. The van der Waals surface area contributed by atoms with Gasteiger partial charge in [0.25, 0.3) is 0 Å². The summed E-state index contributed by atoms with van der Waals surface area (Å²) in [4.78, 5) is 0. The zero-order valence-electron chi connectivity index (χ0n) is 12.7. The van der Waals surface area contributed by atoms with Gasteiger partial charge in [0, 0.05) is 0 Å². The van der Waals surface area contributed by atoms with Crippen molar-refractivity contribution in [1.82, 2.24) is 0 Å². The van der Waals surface area contributed by atoms with Crippen LogP contribution in [0.1, 0.15) is 48.5 Å². The highest BCUT2D eigenvalue weighted by Crippen LogP contribution is 2.12. The molecule has 0 fully saturated rings. The van der Waals surface area contributed by atoms with Gasteiger partial charge >= 0.3 is 0 Å². The Morgan fingerprint density at radius 3 is 1.65 bits per heavy atom. The average Bonchev–Trinajstić information content (AvgIpc) is 2.42. The fourth-order valence-corrected chi connectivity index (χ4v) is 1.03. The molecule has 0 heteroatoms. The third-order valence-corrected chi connectivity index (χ3v) is 1.68. The SMILES string of the molecule is C=CC(=C/C)/C(/C=C\C)=C\C=C/C.CC.CC. The van der Waals surface area contributed by atoms with E-state index in [1.165, 1.54) is 5.57 Å². The largest absolute Gasteiger partial charge is 0.0985 e. The van der Waals surface area contributed by atoms with E-state index in [9.17, 15) is 0 Å². The van der Waals surface area contributed by atoms with E-state index in [-0.39, 0.29) is 0 Å². The topological polar surface area (TPSA) is 0 Å². The van der Waals surface area contributed by atoms with Crippen LogP contribution < -0.4 is 0 Å². The molecule has 0 radical (unpaired) electrons. The van der Waals surface area contributed by atoms with Gasteiger partial charge in [0.15, 0.2) is 0 Å². The Labute approximate surface area is 109 Å². The van der Waals surface area contributed by atoms with E-state index in [0.717, 1.165) is 5.57 Å². The minimum Gasteiger partial charge on any atom is -0.0985 e. The first-order chi connectivity index (χ1) is 8.29. The summed E-state index contributed by atoms with van der Waals surface area (Å²) in [5, 5.41) is 0. The monoisotopic (exact) mass is 234 g/mol. The summed E-state index contributed by atoms with van der Waals surface area (Å²) in [6.45, 7) is 17.8. The van der Waals surface area contributed by atoms with Crippen molar-refractivity contribution in [2.75, 3.05) is 0 Å². The van der Waals surface area contributed by atoms with Gasteiger partial charge in [-0.15, -0.1) is 0 Å². The summed E-state index contributed by atoms with van der Waals surface area (Å²) in [5.74, 6) is 0. The van der Waals surface area contributed by atoms with Crippen molar-refractivity contribution in [2.24, 2.45) is 0 Å². The van der Waals surface area contributed by atoms with Crippen LogP contribution in [0.2, 0.25) is 0 Å². The smallest absolute Gasteiger partial charge is 0.0191 e. The Morgan fingerprint density at radius 1 is 0.824 bits per heavy atom. The molecule has 0 aromatic carbocycles. The molecule has 17 heavy (non-hydrogen) atoms. The summed E-state index contributed by atoms with van der Waals surface area (Å²) in [6, 6.07) is 0. The van der Waals surface area contributed by atoms with E-state index in [2.05, 4.69) is 24.8 Å². The summed E-state index contributed by atoms with van der Waals surface area (Å²) in [6.07, 6.45) is 14.2. The lowest BCUT2D eigenvalue weighted by Gasteiger charge is -2.00. The van der Waals surface area contributed by atoms with Crippen LogP contribution in [0.15, 0.2) is 60.3 Å². The quantitative estimate of drug-likeness (QED) is 0.504. The van der Waals surface area contributed by atoms with E-state index >= 15 is 0 Å². The Bertz CT molecular complexity index is 260. The van der Waals surface area contributed by atoms with Crippen LogP contribution in [0.3, 0.4) is 0 Å². The summed E-state index contributed by atoms with van der Waals surface area (Å²) < 4.78 is 0. The molecule has 0 aliphatic rings. The zero-order chi connectivity index (χ0) is 14.1. The van der Waals surface area contributed by atoms with Crippen LogP contribution >= 0.6 is 0 Å². The fraction of sp³-hybridized carbons (Fsp3) is 0.412. The van der Waals surface area contributed by atoms with Gasteiger partial charge in [0.2, 0.25) is 0 Å². The Morgan fingerprint density at radius 2 is 1.35 bits per heavy atom. The van der Waals surface area contributed by atoms with Crippen molar-refractivity contribution in [3.63, 3.8) is 0 Å². The molecule has 0 aliphatic heterocycles. The van der Waals surface area contributed by atoms with Crippen molar-refractivity contribution in [2.45, 2.75) is 48.5 Å². The van der Waals surface area contributed by atoms with Gasteiger partial charge in [-0.25, -0.2) is 0 Å². The molecule has 0 N–H and O–H groups in total. The van der Waals surface area contributed by atoms with Crippen LogP contribution in [0.4, 0.5) is 0 Å². The van der Waals surface area contributed by atoms with E-state index in [1.807, 2.05) is 72.8 Å². The number of hydrogen-bond acceptors (Lipinski definition) is 0. The van der Waals surface area contributed by atoms with E-state index < -0.39 is 0 Å². The molecule has 0 aromatic rings. The molecular weight excluding hydrogens is 204 g/mol. The van der Waals surface area contributed by atoms with Crippen LogP contribution in [0.5, 0.6) is 0 Å². The van der Waals surface area contributed by atoms with Gasteiger partial charge in [-0.2, -0.15) is 0 Å². The molecule has 0 aliphatic carbocycles. The second kappa shape index (κ2) is 20.2. The third-order valence-electron chi connectivity index (χ3n) is 1.68. The molecule has 0 saturated carbocycles. The normalized spacial score (nSPS) is 11.7. The molecule has 0 unspecified atom stereocenters. The number of hydrogen-bond donors (Lipinski definition) is 0. The van der Waals surface area contributed by atoms with Gasteiger partial charge in [-0.3, -0.25) is 0 Å². The van der Waals surface area contributed by atoms with E-state index in [1.54, 1.807) is 0 Å². The summed E-state index contributed by atoms with van der Waals surface area (Å²) in [7, 11) is 0. The second-order valence-corrected chi connectivity index (χ2v) is 2.60. The first-order valence-corrected chi connectivity index (χ1v) is 6.54. The highest BCUT2D eigenvalue weighted by atomic mass is 14.0. The molecular formula is C17H30. The van der Waals surface area contributed by atoms with E-state index in [0.29, 0.717) is 0 Å². The summed E-state index contributed by atoms with van der Waals surface area (Å²) >= 11 is 0. The maximum Gasteiger partial charge on any atom is -0.0191 e. The van der Waals surface area contributed by atoms with Crippen molar-refractivity contribution >= 4 is 0 Å². The molecule has 0 amide bonds. The molecule has 0 heterocycles. The molecule has 0 bridgehead atoms. The number of rotatable bonds is 4. The highest BCUT2D eigenvalue weighted by Gasteiger charge is 1.93. The molecule has 0 spiro atoms. The molecule has 0 saturated heterocycles. The van der Waals surface area contributed by atoms with Crippen LogP contribution in [-0.2, 0) is 0 Å². The number of allylic oxidation sites excluding steroid dienone is 9.